The SMILES string of the molecule is COC1CCC(n2nnnc2CNC(C)(C)C)C1. The van der Waals surface area contributed by atoms with Gasteiger partial charge in [0, 0.05) is 12.6 Å². The van der Waals surface area contributed by atoms with Gasteiger partial charge >= 0.3 is 0 Å². The van der Waals surface area contributed by atoms with Gasteiger partial charge in [0.1, 0.15) is 0 Å². The lowest BCUT2D eigenvalue weighted by Gasteiger charge is -2.20. The maximum absolute atomic E-state index is 5.40. The molecule has 2 atom stereocenters. The van der Waals surface area contributed by atoms with E-state index in [1.54, 1.807) is 7.11 Å². The first-order valence-electron chi connectivity index (χ1n) is 6.54. The molecule has 6 nitrogen and oxygen atoms in total. The average Bonchev–Trinajstić information content (AvgIpc) is 2.93. The van der Waals surface area contributed by atoms with Crippen LogP contribution in [0.2, 0.25) is 0 Å². The summed E-state index contributed by atoms with van der Waals surface area (Å²) in [6.45, 7) is 7.11. The first kappa shape index (κ1) is 13.4. The summed E-state index contributed by atoms with van der Waals surface area (Å²) < 4.78 is 7.35. The van der Waals surface area contributed by atoms with E-state index in [0.29, 0.717) is 18.7 Å². The van der Waals surface area contributed by atoms with Crippen LogP contribution < -0.4 is 5.32 Å². The molecule has 1 fully saturated rings. The first-order valence-corrected chi connectivity index (χ1v) is 6.54. The van der Waals surface area contributed by atoms with Crippen LogP contribution in [0.1, 0.15) is 51.9 Å². The third-order valence-corrected chi connectivity index (χ3v) is 3.37. The van der Waals surface area contributed by atoms with E-state index in [9.17, 15) is 0 Å². The number of ether oxygens (including phenoxy) is 1. The van der Waals surface area contributed by atoms with Gasteiger partial charge in [-0.3, -0.25) is 0 Å². The Kier molecular flexibility index (Phi) is 3.97. The molecule has 2 rings (SSSR count). The second-order valence-corrected chi connectivity index (χ2v) is 5.97. The Morgan fingerprint density at radius 3 is 2.78 bits per heavy atom. The predicted molar refractivity (Wildman–Crippen MR) is 68.1 cm³/mol. The van der Waals surface area contributed by atoms with Crippen molar-refractivity contribution in [1.82, 2.24) is 25.5 Å². The molecule has 0 radical (unpaired) electrons. The lowest BCUT2D eigenvalue weighted by atomic mass is 10.1. The van der Waals surface area contributed by atoms with Gasteiger partial charge in [0.15, 0.2) is 5.82 Å². The third-order valence-electron chi connectivity index (χ3n) is 3.37. The maximum Gasteiger partial charge on any atom is 0.165 e. The van der Waals surface area contributed by atoms with Gasteiger partial charge in [-0.15, -0.1) is 5.10 Å². The Morgan fingerprint density at radius 2 is 2.17 bits per heavy atom. The minimum absolute atomic E-state index is 0.0710. The highest BCUT2D eigenvalue weighted by Crippen LogP contribution is 2.31. The number of hydrogen-bond acceptors (Lipinski definition) is 5. The molecule has 0 spiro atoms. The highest BCUT2D eigenvalue weighted by molar-refractivity contribution is 4.89. The van der Waals surface area contributed by atoms with Crippen molar-refractivity contribution in [1.29, 1.82) is 0 Å². The van der Waals surface area contributed by atoms with Crippen LogP contribution >= 0.6 is 0 Å². The minimum Gasteiger partial charge on any atom is -0.381 e. The Bertz CT molecular complexity index is 384. The first-order chi connectivity index (χ1) is 8.49. The van der Waals surface area contributed by atoms with Crippen LogP contribution in [0.3, 0.4) is 0 Å². The zero-order chi connectivity index (χ0) is 13.2. The van der Waals surface area contributed by atoms with E-state index in [0.717, 1.165) is 25.1 Å². The number of aromatic nitrogens is 4. The van der Waals surface area contributed by atoms with Crippen molar-refractivity contribution in [2.75, 3.05) is 7.11 Å². The molecular weight excluding hydrogens is 230 g/mol. The van der Waals surface area contributed by atoms with Crippen LogP contribution in [0.15, 0.2) is 0 Å². The van der Waals surface area contributed by atoms with Gasteiger partial charge in [-0.25, -0.2) is 4.68 Å². The fourth-order valence-electron chi connectivity index (χ4n) is 2.31. The molecule has 1 aliphatic rings. The Balaban J connectivity index is 2.00. The van der Waals surface area contributed by atoms with Crippen molar-refractivity contribution in [2.45, 2.75) is 64.3 Å². The lowest BCUT2D eigenvalue weighted by molar-refractivity contribution is 0.105. The van der Waals surface area contributed by atoms with Crippen LogP contribution in [0.25, 0.3) is 0 Å². The van der Waals surface area contributed by atoms with Crippen molar-refractivity contribution >= 4 is 0 Å². The number of hydrogen-bond donors (Lipinski definition) is 1. The van der Waals surface area contributed by atoms with Gasteiger partial charge in [0.25, 0.3) is 0 Å². The zero-order valence-corrected chi connectivity index (χ0v) is 11.7. The van der Waals surface area contributed by atoms with E-state index in [1.165, 1.54) is 0 Å². The number of rotatable bonds is 4. The Labute approximate surface area is 108 Å². The van der Waals surface area contributed by atoms with Gasteiger partial charge in [-0.05, 0) is 50.5 Å². The molecule has 2 unspecified atom stereocenters. The summed E-state index contributed by atoms with van der Waals surface area (Å²) in [4.78, 5) is 0. The molecule has 1 heterocycles. The molecule has 6 heteroatoms. The topological polar surface area (TPSA) is 64.9 Å². The second kappa shape index (κ2) is 5.32. The van der Waals surface area contributed by atoms with Crippen molar-refractivity contribution in [3.63, 3.8) is 0 Å². The lowest BCUT2D eigenvalue weighted by Crippen LogP contribution is -2.36. The largest absolute Gasteiger partial charge is 0.381 e. The third kappa shape index (κ3) is 3.26. The fraction of sp³-hybridized carbons (Fsp3) is 0.917. The molecule has 1 aliphatic carbocycles. The van der Waals surface area contributed by atoms with Gasteiger partial charge in [-0.1, -0.05) is 0 Å². The molecule has 18 heavy (non-hydrogen) atoms. The van der Waals surface area contributed by atoms with E-state index in [2.05, 4.69) is 41.6 Å². The minimum atomic E-state index is 0.0710. The maximum atomic E-state index is 5.40. The van der Waals surface area contributed by atoms with E-state index in [4.69, 9.17) is 4.74 Å². The Hall–Kier alpha value is -1.01. The molecule has 0 bridgehead atoms. The molecule has 1 saturated carbocycles. The molecule has 0 saturated heterocycles. The molecule has 0 aromatic carbocycles. The number of nitrogens with zero attached hydrogens (tertiary/aromatic N) is 4. The van der Waals surface area contributed by atoms with Gasteiger partial charge in [-0.2, -0.15) is 0 Å². The molecule has 1 N–H and O–H groups in total. The van der Waals surface area contributed by atoms with Crippen LogP contribution in [-0.2, 0) is 11.3 Å². The van der Waals surface area contributed by atoms with Crippen LogP contribution in [0, 0.1) is 0 Å². The molecular formula is C12H23N5O. The van der Waals surface area contributed by atoms with Crippen LogP contribution in [-0.4, -0.2) is 39.0 Å². The highest BCUT2D eigenvalue weighted by atomic mass is 16.5. The highest BCUT2D eigenvalue weighted by Gasteiger charge is 2.28. The van der Waals surface area contributed by atoms with Gasteiger partial charge in [0.2, 0.25) is 0 Å². The summed E-state index contributed by atoms with van der Waals surface area (Å²) >= 11 is 0. The van der Waals surface area contributed by atoms with Crippen molar-refractivity contribution in [2.24, 2.45) is 0 Å². The van der Waals surface area contributed by atoms with Gasteiger partial charge < -0.3 is 10.1 Å². The number of nitrogens with one attached hydrogen (secondary N) is 1. The van der Waals surface area contributed by atoms with E-state index >= 15 is 0 Å². The fourth-order valence-corrected chi connectivity index (χ4v) is 2.31. The van der Waals surface area contributed by atoms with Gasteiger partial charge in [0.05, 0.1) is 18.7 Å². The predicted octanol–water partition coefficient (Wildman–Crippen LogP) is 1.30. The van der Waals surface area contributed by atoms with Crippen molar-refractivity contribution in [3.05, 3.63) is 5.82 Å². The van der Waals surface area contributed by atoms with E-state index in [-0.39, 0.29) is 5.54 Å². The summed E-state index contributed by atoms with van der Waals surface area (Å²) in [6, 6.07) is 0.377. The molecule has 1 aromatic rings. The molecule has 102 valence electrons. The second-order valence-electron chi connectivity index (χ2n) is 5.97. The molecule has 0 aliphatic heterocycles. The van der Waals surface area contributed by atoms with Crippen molar-refractivity contribution < 1.29 is 4.74 Å². The van der Waals surface area contributed by atoms with E-state index in [1.807, 2.05) is 4.68 Å². The summed E-state index contributed by atoms with van der Waals surface area (Å²) in [5, 5.41) is 15.5. The normalized spacial score (nSPS) is 24.7. The monoisotopic (exact) mass is 253 g/mol. The summed E-state index contributed by atoms with van der Waals surface area (Å²) in [7, 11) is 1.77. The van der Waals surface area contributed by atoms with Crippen LogP contribution in [0.5, 0.6) is 0 Å². The quantitative estimate of drug-likeness (QED) is 0.876. The molecule has 1 aromatic heterocycles. The summed E-state index contributed by atoms with van der Waals surface area (Å²) in [6.07, 6.45) is 3.53. The number of tetrazole rings is 1. The smallest absolute Gasteiger partial charge is 0.165 e. The Morgan fingerprint density at radius 1 is 1.39 bits per heavy atom. The van der Waals surface area contributed by atoms with Crippen molar-refractivity contribution in [3.8, 4) is 0 Å². The zero-order valence-electron chi connectivity index (χ0n) is 11.7. The number of methoxy groups -OCH3 is 1. The molecule has 0 amide bonds. The summed E-state index contributed by atoms with van der Waals surface area (Å²) in [5.74, 6) is 0.909. The van der Waals surface area contributed by atoms with E-state index < -0.39 is 0 Å². The average molecular weight is 253 g/mol. The summed E-state index contributed by atoms with van der Waals surface area (Å²) in [5.41, 5.74) is 0.0710. The standard InChI is InChI=1S/C12H23N5O/c1-12(2,3)13-8-11-14-15-16-17(11)9-5-6-10(7-9)18-4/h9-10,13H,5-8H2,1-4H3. The van der Waals surface area contributed by atoms with Crippen LogP contribution in [0.4, 0.5) is 0 Å².